The van der Waals surface area contributed by atoms with Gasteiger partial charge in [0.05, 0.1) is 22.6 Å². The van der Waals surface area contributed by atoms with E-state index in [1.54, 1.807) is 18.3 Å². The first kappa shape index (κ1) is 19.7. The number of benzene rings is 2. The summed E-state index contributed by atoms with van der Waals surface area (Å²) in [7, 11) is -3.67. The smallest absolute Gasteiger partial charge is 0.214 e. The molecule has 0 aliphatic carbocycles. The first-order valence-corrected chi connectivity index (χ1v) is 11.7. The van der Waals surface area contributed by atoms with Crippen LogP contribution in [-0.4, -0.2) is 28.1 Å². The minimum absolute atomic E-state index is 0.315. The molecule has 29 heavy (non-hydrogen) atoms. The summed E-state index contributed by atoms with van der Waals surface area (Å²) < 4.78 is 32.9. The largest absolute Gasteiger partial charge is 0.494 e. The Labute approximate surface area is 172 Å². The van der Waals surface area contributed by atoms with E-state index in [-0.39, 0.29) is 0 Å². The third kappa shape index (κ3) is 3.81. The summed E-state index contributed by atoms with van der Waals surface area (Å²) in [5.74, 6) is 0.747. The molecule has 1 aromatic heterocycles. The Morgan fingerprint density at radius 1 is 1.03 bits per heavy atom. The molecule has 1 aliphatic rings. The van der Waals surface area contributed by atoms with E-state index in [1.807, 2.05) is 44.2 Å². The fourth-order valence-electron chi connectivity index (χ4n) is 3.94. The molecule has 5 nitrogen and oxygen atoms in total. The number of nitrogens with zero attached hydrogens (tertiary/aromatic N) is 1. The van der Waals surface area contributed by atoms with Crippen molar-refractivity contribution >= 4 is 26.4 Å². The Morgan fingerprint density at radius 2 is 1.76 bits per heavy atom. The van der Waals surface area contributed by atoms with Gasteiger partial charge in [-0.2, -0.15) is 0 Å². The molecule has 1 fully saturated rings. The highest BCUT2D eigenvalue weighted by Gasteiger charge is 2.30. The van der Waals surface area contributed by atoms with Crippen LogP contribution in [-0.2, 0) is 9.84 Å². The summed E-state index contributed by atoms with van der Waals surface area (Å²) in [4.78, 5) is 6.05. The number of rotatable bonds is 5. The number of nitrogens with one attached hydrogen (secondary N) is 1. The number of ether oxygens (including phenoxy) is 1. The zero-order valence-electron chi connectivity index (χ0n) is 16.9. The summed E-state index contributed by atoms with van der Waals surface area (Å²) in [5.41, 5.74) is 2.71. The molecule has 0 spiro atoms. The van der Waals surface area contributed by atoms with Crippen molar-refractivity contribution in [3.63, 3.8) is 0 Å². The molecule has 4 rings (SSSR count). The molecular formula is C23H27N2O3S+. The normalized spacial score (nSPS) is 14.9. The molecule has 1 saturated heterocycles. The lowest BCUT2D eigenvalue weighted by Crippen LogP contribution is -2.31. The molecule has 1 aliphatic heterocycles. The third-order valence-corrected chi connectivity index (χ3v) is 7.23. The average molecular weight is 412 g/mol. The lowest BCUT2D eigenvalue weighted by molar-refractivity contribution is -0.347. The molecule has 1 N–H and O–H groups in total. The number of hydrogen-bond acceptors (Lipinski definition) is 4. The number of hydrogen-bond donors (Lipinski definition) is 0. The van der Waals surface area contributed by atoms with E-state index in [0.717, 1.165) is 53.8 Å². The number of aromatic nitrogens is 1. The highest BCUT2D eigenvalue weighted by atomic mass is 32.2. The van der Waals surface area contributed by atoms with Crippen molar-refractivity contribution in [2.75, 3.05) is 24.6 Å². The van der Waals surface area contributed by atoms with Gasteiger partial charge in [-0.25, -0.2) is 13.4 Å². The van der Waals surface area contributed by atoms with E-state index in [0.29, 0.717) is 16.4 Å². The minimum atomic E-state index is -3.67. The van der Waals surface area contributed by atoms with Crippen LogP contribution in [0.4, 0.5) is 5.69 Å². The van der Waals surface area contributed by atoms with Gasteiger partial charge in [0.25, 0.3) is 0 Å². The maximum atomic E-state index is 13.6. The number of pyridine rings is 1. The number of sulfone groups is 1. The van der Waals surface area contributed by atoms with Gasteiger partial charge in [0, 0.05) is 19.2 Å². The maximum Gasteiger partial charge on any atom is 0.214 e. The summed E-state index contributed by atoms with van der Waals surface area (Å²) in [6.07, 6.45) is 4.95. The molecule has 2 aromatic carbocycles. The van der Waals surface area contributed by atoms with Crippen LogP contribution in [0, 0.1) is 6.92 Å². The lowest BCUT2D eigenvalue weighted by atomic mass is 10.1. The second kappa shape index (κ2) is 8.03. The Kier molecular flexibility index (Phi) is 5.46. The van der Waals surface area contributed by atoms with Gasteiger partial charge in [0.1, 0.15) is 5.75 Å². The van der Waals surface area contributed by atoms with Crippen molar-refractivity contribution in [3.05, 3.63) is 54.2 Å². The number of anilines is 1. The molecule has 0 unspecified atom stereocenters. The molecule has 6 heteroatoms. The second-order valence-electron chi connectivity index (χ2n) is 7.51. The zero-order chi connectivity index (χ0) is 20.4. The molecule has 0 amide bonds. The monoisotopic (exact) mass is 411 g/mol. The fourth-order valence-corrected chi connectivity index (χ4v) is 5.39. The van der Waals surface area contributed by atoms with Gasteiger partial charge in [0.15, 0.2) is 11.1 Å². The SMILES string of the molecule is CCOc1ccc2[nH+]cc(S(=O)(=O)c3ccc(C)cc3)c(N3CCCCC3)c2c1. The molecule has 0 atom stereocenters. The molecule has 2 heterocycles. The highest BCUT2D eigenvalue weighted by molar-refractivity contribution is 7.91. The van der Waals surface area contributed by atoms with E-state index in [2.05, 4.69) is 9.88 Å². The fraction of sp³-hybridized carbons (Fsp3) is 0.348. The minimum Gasteiger partial charge on any atom is -0.494 e. The Morgan fingerprint density at radius 3 is 2.45 bits per heavy atom. The molecule has 0 saturated carbocycles. The van der Waals surface area contributed by atoms with Crippen molar-refractivity contribution in [1.29, 1.82) is 0 Å². The lowest BCUT2D eigenvalue weighted by Gasteiger charge is -2.30. The van der Waals surface area contributed by atoms with Gasteiger partial charge < -0.3 is 9.64 Å². The Bertz CT molecular complexity index is 1120. The van der Waals surface area contributed by atoms with E-state index >= 15 is 0 Å². The van der Waals surface area contributed by atoms with Gasteiger partial charge in [-0.1, -0.05) is 17.7 Å². The van der Waals surface area contributed by atoms with E-state index in [9.17, 15) is 8.42 Å². The van der Waals surface area contributed by atoms with Crippen LogP contribution in [0.3, 0.4) is 0 Å². The van der Waals surface area contributed by atoms with Crippen LogP contribution in [0.2, 0.25) is 0 Å². The van der Waals surface area contributed by atoms with Crippen molar-refractivity contribution in [3.8, 4) is 5.75 Å². The number of fused-ring (bicyclic) bond motifs is 1. The van der Waals surface area contributed by atoms with Crippen LogP contribution in [0.5, 0.6) is 5.75 Å². The molecule has 3 aromatic rings. The Hall–Kier alpha value is -2.60. The van der Waals surface area contributed by atoms with Gasteiger partial charge in [-0.3, -0.25) is 0 Å². The summed E-state index contributed by atoms with van der Waals surface area (Å²) >= 11 is 0. The first-order chi connectivity index (χ1) is 14.0. The zero-order valence-corrected chi connectivity index (χ0v) is 17.8. The highest BCUT2D eigenvalue weighted by Crippen LogP contribution is 2.37. The molecular weight excluding hydrogens is 384 g/mol. The maximum absolute atomic E-state index is 13.6. The summed E-state index contributed by atoms with van der Waals surface area (Å²) in [6, 6.07) is 12.9. The topological polar surface area (TPSA) is 60.8 Å². The van der Waals surface area contributed by atoms with Crippen LogP contribution >= 0.6 is 0 Å². The van der Waals surface area contributed by atoms with Gasteiger partial charge in [-0.15, -0.1) is 0 Å². The van der Waals surface area contributed by atoms with E-state index < -0.39 is 9.84 Å². The first-order valence-electron chi connectivity index (χ1n) is 10.2. The van der Waals surface area contributed by atoms with Crippen molar-refractivity contribution in [1.82, 2.24) is 0 Å². The average Bonchev–Trinajstić information content (AvgIpc) is 2.74. The second-order valence-corrected chi connectivity index (χ2v) is 9.42. The number of piperidine rings is 1. The van der Waals surface area contributed by atoms with Gasteiger partial charge >= 0.3 is 0 Å². The van der Waals surface area contributed by atoms with Crippen molar-refractivity contribution < 1.29 is 18.1 Å². The van der Waals surface area contributed by atoms with E-state index in [4.69, 9.17) is 4.74 Å². The standard InChI is InChI=1S/C23H26N2O3S/c1-3-28-18-9-12-21-20(15-18)23(25-13-5-4-6-14-25)22(16-24-21)29(26,27)19-10-7-17(2)8-11-19/h7-12,15-16H,3-6,13-14H2,1-2H3/p+1. The number of aromatic amines is 1. The van der Waals surface area contributed by atoms with Crippen LogP contribution in [0.1, 0.15) is 31.7 Å². The van der Waals surface area contributed by atoms with Crippen molar-refractivity contribution in [2.45, 2.75) is 42.9 Å². The van der Waals surface area contributed by atoms with Gasteiger partial charge in [-0.05, 0) is 57.4 Å². The number of aryl methyl sites for hydroxylation is 1. The predicted molar refractivity (Wildman–Crippen MR) is 114 cm³/mol. The van der Waals surface area contributed by atoms with Crippen LogP contribution in [0.25, 0.3) is 10.9 Å². The molecule has 0 bridgehead atoms. The third-order valence-electron chi connectivity index (χ3n) is 5.44. The predicted octanol–water partition coefficient (Wildman–Crippen LogP) is 4.18. The van der Waals surface area contributed by atoms with Gasteiger partial charge in [0.2, 0.25) is 15.4 Å². The Balaban J connectivity index is 1.95. The summed E-state index contributed by atoms with van der Waals surface area (Å²) in [6.45, 7) is 6.17. The summed E-state index contributed by atoms with van der Waals surface area (Å²) in [5, 5.41) is 0.881. The van der Waals surface area contributed by atoms with Crippen LogP contribution in [0.15, 0.2) is 58.5 Å². The molecule has 152 valence electrons. The van der Waals surface area contributed by atoms with E-state index in [1.165, 1.54) is 6.42 Å². The quantitative estimate of drug-likeness (QED) is 0.632. The van der Waals surface area contributed by atoms with Crippen LogP contribution < -0.4 is 14.6 Å². The van der Waals surface area contributed by atoms with Crippen molar-refractivity contribution in [2.24, 2.45) is 0 Å². The number of H-pyrrole nitrogens is 1. The molecule has 0 radical (unpaired) electrons.